The number of aromatic nitrogens is 1. The van der Waals surface area contributed by atoms with Gasteiger partial charge in [-0.1, -0.05) is 11.2 Å². The van der Waals surface area contributed by atoms with Crippen LogP contribution < -0.4 is 5.32 Å². The van der Waals surface area contributed by atoms with Gasteiger partial charge in [-0.05, 0) is 38.5 Å². The molecule has 1 amide bonds. The van der Waals surface area contributed by atoms with E-state index in [0.29, 0.717) is 22.7 Å². The molecule has 0 unspecified atom stereocenters. The normalized spacial score (nSPS) is 10.4. The van der Waals surface area contributed by atoms with E-state index in [2.05, 4.69) is 10.5 Å². The average molecular weight is 306 g/mol. The van der Waals surface area contributed by atoms with Crippen LogP contribution in [-0.4, -0.2) is 23.6 Å². The first-order chi connectivity index (χ1) is 10.4. The third-order valence-corrected chi connectivity index (χ3v) is 3.03. The van der Waals surface area contributed by atoms with Gasteiger partial charge in [0.25, 0.3) is 5.91 Å². The molecule has 1 N–H and O–H groups in total. The molecule has 1 aromatic heterocycles. The quantitative estimate of drug-likeness (QED) is 0.878. The second-order valence-electron chi connectivity index (χ2n) is 4.79. The second-order valence-corrected chi connectivity index (χ2v) is 4.79. The van der Waals surface area contributed by atoms with Gasteiger partial charge in [0.05, 0.1) is 5.69 Å². The fourth-order valence-corrected chi connectivity index (χ4v) is 1.85. The van der Waals surface area contributed by atoms with Gasteiger partial charge in [-0.2, -0.15) is 0 Å². The maximum atomic E-state index is 13.4. The summed E-state index contributed by atoms with van der Waals surface area (Å²) in [5.41, 5.74) is 1.36. The highest BCUT2D eigenvalue weighted by molar-refractivity contribution is 5.96. The summed E-state index contributed by atoms with van der Waals surface area (Å²) in [6.07, 6.45) is 0. The molecule has 0 radical (unpaired) electrons. The minimum atomic E-state index is -0.693. The Morgan fingerprint density at radius 1 is 1.32 bits per heavy atom. The minimum Gasteiger partial charge on any atom is -0.452 e. The number of carbonyl (C=O) groups is 2. The SMILES string of the molecule is Cc1ccc(NC(=O)COC(=O)c2c(C)noc2C)cc1F. The van der Waals surface area contributed by atoms with Crippen molar-refractivity contribution < 1.29 is 23.2 Å². The van der Waals surface area contributed by atoms with E-state index in [9.17, 15) is 14.0 Å². The number of halogens is 1. The third-order valence-electron chi connectivity index (χ3n) is 3.03. The van der Waals surface area contributed by atoms with Crippen molar-refractivity contribution >= 4 is 17.6 Å². The Kier molecular flexibility index (Phi) is 4.55. The van der Waals surface area contributed by atoms with Crippen molar-refractivity contribution in [3.8, 4) is 0 Å². The molecule has 0 spiro atoms. The standard InChI is InChI=1S/C15H15FN2O4/c1-8-4-5-11(6-12(8)16)17-13(19)7-21-15(20)14-9(2)18-22-10(14)3/h4-6H,7H2,1-3H3,(H,17,19). The van der Waals surface area contributed by atoms with Crippen molar-refractivity contribution in [2.75, 3.05) is 11.9 Å². The number of ether oxygens (including phenoxy) is 1. The van der Waals surface area contributed by atoms with E-state index in [0.717, 1.165) is 0 Å². The Labute approximate surface area is 126 Å². The first-order valence-corrected chi connectivity index (χ1v) is 6.54. The van der Waals surface area contributed by atoms with Crippen molar-refractivity contribution in [3.63, 3.8) is 0 Å². The van der Waals surface area contributed by atoms with Gasteiger partial charge in [-0.15, -0.1) is 0 Å². The predicted octanol–water partition coefficient (Wildman–Crippen LogP) is 2.53. The fraction of sp³-hybridized carbons (Fsp3) is 0.267. The van der Waals surface area contributed by atoms with Gasteiger partial charge in [0.15, 0.2) is 6.61 Å². The first-order valence-electron chi connectivity index (χ1n) is 6.54. The number of aryl methyl sites for hydroxylation is 3. The zero-order valence-corrected chi connectivity index (χ0v) is 12.4. The molecule has 0 aliphatic rings. The number of esters is 1. The van der Waals surface area contributed by atoms with E-state index < -0.39 is 24.3 Å². The molecule has 0 fully saturated rings. The van der Waals surface area contributed by atoms with Gasteiger partial charge >= 0.3 is 5.97 Å². The summed E-state index contributed by atoms with van der Waals surface area (Å²) in [5, 5.41) is 6.08. The third kappa shape index (κ3) is 3.49. The molecule has 2 rings (SSSR count). The largest absolute Gasteiger partial charge is 0.452 e. The van der Waals surface area contributed by atoms with Crippen molar-refractivity contribution in [1.29, 1.82) is 0 Å². The topological polar surface area (TPSA) is 81.4 Å². The summed E-state index contributed by atoms with van der Waals surface area (Å²) >= 11 is 0. The van der Waals surface area contributed by atoms with Gasteiger partial charge in [0, 0.05) is 5.69 Å². The summed E-state index contributed by atoms with van der Waals surface area (Å²) in [7, 11) is 0. The molecular formula is C15H15FN2O4. The number of amides is 1. The van der Waals surface area contributed by atoms with Crippen LogP contribution in [0.25, 0.3) is 0 Å². The van der Waals surface area contributed by atoms with Gasteiger partial charge in [-0.3, -0.25) is 4.79 Å². The predicted molar refractivity (Wildman–Crippen MR) is 76.0 cm³/mol. The van der Waals surface area contributed by atoms with Crippen LogP contribution in [0.3, 0.4) is 0 Å². The smallest absolute Gasteiger partial charge is 0.344 e. The monoisotopic (exact) mass is 306 g/mol. The fourth-order valence-electron chi connectivity index (χ4n) is 1.85. The number of anilines is 1. The maximum Gasteiger partial charge on any atom is 0.344 e. The molecule has 0 aliphatic heterocycles. The molecule has 6 nitrogen and oxygen atoms in total. The van der Waals surface area contributed by atoms with Crippen LogP contribution in [0.1, 0.15) is 27.4 Å². The average Bonchev–Trinajstić information content (AvgIpc) is 2.80. The lowest BCUT2D eigenvalue weighted by Crippen LogP contribution is -2.21. The van der Waals surface area contributed by atoms with E-state index >= 15 is 0 Å². The number of rotatable bonds is 4. The van der Waals surface area contributed by atoms with Gasteiger partial charge < -0.3 is 14.6 Å². The lowest BCUT2D eigenvalue weighted by molar-refractivity contribution is -0.119. The lowest BCUT2D eigenvalue weighted by atomic mass is 10.2. The Morgan fingerprint density at radius 2 is 2.05 bits per heavy atom. The Balaban J connectivity index is 1.93. The number of hydrogen-bond acceptors (Lipinski definition) is 5. The summed E-state index contributed by atoms with van der Waals surface area (Å²) in [5.74, 6) is -1.36. The zero-order valence-electron chi connectivity index (χ0n) is 12.4. The molecular weight excluding hydrogens is 291 g/mol. The Hall–Kier alpha value is -2.70. The molecule has 1 heterocycles. The van der Waals surface area contributed by atoms with Crippen LogP contribution in [0.5, 0.6) is 0 Å². The van der Waals surface area contributed by atoms with Crippen LogP contribution >= 0.6 is 0 Å². The van der Waals surface area contributed by atoms with Gasteiger partial charge in [-0.25, -0.2) is 9.18 Å². The van der Waals surface area contributed by atoms with Crippen LogP contribution in [0.15, 0.2) is 22.7 Å². The van der Waals surface area contributed by atoms with E-state index in [-0.39, 0.29) is 5.56 Å². The highest BCUT2D eigenvalue weighted by Crippen LogP contribution is 2.15. The van der Waals surface area contributed by atoms with Crippen molar-refractivity contribution in [3.05, 3.63) is 46.6 Å². The van der Waals surface area contributed by atoms with E-state index in [1.165, 1.54) is 6.07 Å². The molecule has 1 aromatic carbocycles. The number of nitrogens with zero attached hydrogens (tertiary/aromatic N) is 1. The molecule has 0 aliphatic carbocycles. The molecule has 2 aromatic rings. The number of benzene rings is 1. The Morgan fingerprint density at radius 3 is 2.64 bits per heavy atom. The van der Waals surface area contributed by atoms with Crippen LogP contribution in [0.4, 0.5) is 10.1 Å². The highest BCUT2D eigenvalue weighted by atomic mass is 19.1. The van der Waals surface area contributed by atoms with Crippen LogP contribution in [0.2, 0.25) is 0 Å². The second kappa shape index (κ2) is 6.38. The lowest BCUT2D eigenvalue weighted by Gasteiger charge is -2.07. The minimum absolute atomic E-state index is 0.203. The number of hydrogen-bond donors (Lipinski definition) is 1. The molecule has 0 atom stereocenters. The van der Waals surface area contributed by atoms with Gasteiger partial charge in [0.1, 0.15) is 17.1 Å². The molecule has 0 saturated carbocycles. The first kappa shape index (κ1) is 15.7. The van der Waals surface area contributed by atoms with E-state index in [1.807, 2.05) is 0 Å². The molecule has 116 valence electrons. The number of nitrogens with one attached hydrogen (secondary N) is 1. The highest BCUT2D eigenvalue weighted by Gasteiger charge is 2.19. The van der Waals surface area contributed by atoms with Gasteiger partial charge in [0.2, 0.25) is 0 Å². The molecule has 7 heteroatoms. The summed E-state index contributed by atoms with van der Waals surface area (Å²) in [6, 6.07) is 4.30. The number of carbonyl (C=O) groups excluding carboxylic acids is 2. The van der Waals surface area contributed by atoms with Crippen LogP contribution in [-0.2, 0) is 9.53 Å². The Bertz CT molecular complexity index is 705. The van der Waals surface area contributed by atoms with Crippen LogP contribution in [0, 0.1) is 26.6 Å². The summed E-state index contributed by atoms with van der Waals surface area (Å²) < 4.78 is 23.1. The molecule has 0 saturated heterocycles. The molecule has 22 heavy (non-hydrogen) atoms. The van der Waals surface area contributed by atoms with Crippen molar-refractivity contribution in [1.82, 2.24) is 5.16 Å². The summed E-state index contributed by atoms with van der Waals surface area (Å²) in [4.78, 5) is 23.5. The van der Waals surface area contributed by atoms with Crippen molar-refractivity contribution in [2.45, 2.75) is 20.8 Å². The molecule has 0 bridgehead atoms. The summed E-state index contributed by atoms with van der Waals surface area (Å²) in [6.45, 7) is 4.30. The zero-order chi connectivity index (χ0) is 16.3. The van der Waals surface area contributed by atoms with E-state index in [1.54, 1.807) is 32.9 Å². The van der Waals surface area contributed by atoms with Crippen molar-refractivity contribution in [2.24, 2.45) is 0 Å². The maximum absolute atomic E-state index is 13.4. The van der Waals surface area contributed by atoms with E-state index in [4.69, 9.17) is 9.26 Å².